The monoisotopic (exact) mass is 374 g/mol. The average Bonchev–Trinajstić information content (AvgIpc) is 2.73. The molecule has 28 heavy (non-hydrogen) atoms. The predicted molar refractivity (Wildman–Crippen MR) is 100 cm³/mol. The van der Waals surface area contributed by atoms with Gasteiger partial charge in [0.15, 0.2) is 11.6 Å². The first-order valence-corrected chi connectivity index (χ1v) is 8.23. The molecule has 0 spiro atoms. The van der Waals surface area contributed by atoms with E-state index in [-0.39, 0.29) is 33.8 Å². The summed E-state index contributed by atoms with van der Waals surface area (Å²) in [4.78, 5) is 47.2. The van der Waals surface area contributed by atoms with Gasteiger partial charge in [0.25, 0.3) is 0 Å². The van der Waals surface area contributed by atoms with Crippen molar-refractivity contribution in [2.45, 2.75) is 0 Å². The fourth-order valence-electron chi connectivity index (χ4n) is 2.69. The molecular formula is C22H14O6. The summed E-state index contributed by atoms with van der Waals surface area (Å²) in [5.41, 5.74) is 1.09. The van der Waals surface area contributed by atoms with Gasteiger partial charge in [-0.1, -0.05) is 48.5 Å². The molecule has 0 saturated carbocycles. The van der Waals surface area contributed by atoms with Crippen LogP contribution in [0.2, 0.25) is 0 Å². The molecule has 3 aromatic rings. The van der Waals surface area contributed by atoms with Crippen LogP contribution in [0.15, 0.2) is 72.8 Å². The lowest BCUT2D eigenvalue weighted by Crippen LogP contribution is -2.06. The zero-order chi connectivity index (χ0) is 20.3. The molecule has 2 N–H and O–H groups in total. The van der Waals surface area contributed by atoms with Crippen LogP contribution in [0.3, 0.4) is 0 Å². The lowest BCUT2D eigenvalue weighted by Gasteiger charge is -2.05. The number of rotatable bonds is 6. The van der Waals surface area contributed by atoms with Crippen molar-refractivity contribution in [3.63, 3.8) is 0 Å². The zero-order valence-electron chi connectivity index (χ0n) is 14.5. The molecule has 0 aliphatic carbocycles. The van der Waals surface area contributed by atoms with Gasteiger partial charge in [0, 0.05) is 22.3 Å². The quantitative estimate of drug-likeness (QED) is 0.639. The van der Waals surface area contributed by atoms with Gasteiger partial charge in [0.05, 0.1) is 11.1 Å². The lowest BCUT2D eigenvalue weighted by molar-refractivity contribution is 0.0686. The molecule has 0 fully saturated rings. The topological polar surface area (TPSA) is 109 Å². The number of carbonyl (C=O) groups is 4. The van der Waals surface area contributed by atoms with Crippen molar-refractivity contribution in [3.8, 4) is 0 Å². The second-order valence-corrected chi connectivity index (χ2v) is 6.01. The number of aromatic carboxylic acids is 2. The molecule has 0 saturated heterocycles. The Hall–Kier alpha value is -4.06. The molecule has 6 nitrogen and oxygen atoms in total. The molecule has 0 radical (unpaired) electrons. The van der Waals surface area contributed by atoms with Crippen LogP contribution in [0.5, 0.6) is 0 Å². The number of carboxylic acids is 2. The molecule has 0 aliphatic rings. The van der Waals surface area contributed by atoms with Crippen LogP contribution in [-0.2, 0) is 0 Å². The lowest BCUT2D eigenvalue weighted by atomic mass is 9.97. The van der Waals surface area contributed by atoms with Crippen molar-refractivity contribution in [1.29, 1.82) is 0 Å². The Morgan fingerprint density at radius 1 is 0.464 bits per heavy atom. The van der Waals surface area contributed by atoms with Gasteiger partial charge in [-0.25, -0.2) is 9.59 Å². The van der Waals surface area contributed by atoms with Crippen LogP contribution in [0.4, 0.5) is 0 Å². The molecule has 0 atom stereocenters. The van der Waals surface area contributed by atoms with E-state index in [1.807, 2.05) is 0 Å². The van der Waals surface area contributed by atoms with Gasteiger partial charge >= 0.3 is 11.9 Å². The van der Waals surface area contributed by atoms with Crippen molar-refractivity contribution in [2.24, 2.45) is 0 Å². The summed E-state index contributed by atoms with van der Waals surface area (Å²) in [6.07, 6.45) is 0. The Balaban J connectivity index is 1.85. The minimum Gasteiger partial charge on any atom is -0.478 e. The maximum absolute atomic E-state index is 12.5. The Bertz CT molecular complexity index is 1010. The summed E-state index contributed by atoms with van der Waals surface area (Å²) in [6, 6.07) is 17.3. The summed E-state index contributed by atoms with van der Waals surface area (Å²) in [5, 5.41) is 18.1. The van der Waals surface area contributed by atoms with Crippen molar-refractivity contribution >= 4 is 23.5 Å². The first-order valence-electron chi connectivity index (χ1n) is 8.23. The smallest absolute Gasteiger partial charge is 0.335 e. The van der Waals surface area contributed by atoms with Gasteiger partial charge in [0.2, 0.25) is 0 Å². The molecule has 6 heteroatoms. The zero-order valence-corrected chi connectivity index (χ0v) is 14.5. The number of benzene rings is 3. The number of hydrogen-bond acceptors (Lipinski definition) is 4. The van der Waals surface area contributed by atoms with Crippen LogP contribution < -0.4 is 0 Å². The Labute approximate surface area is 159 Å². The normalized spacial score (nSPS) is 10.3. The van der Waals surface area contributed by atoms with Crippen LogP contribution >= 0.6 is 0 Å². The van der Waals surface area contributed by atoms with Gasteiger partial charge in [-0.2, -0.15) is 0 Å². The van der Waals surface area contributed by atoms with E-state index in [4.69, 9.17) is 10.2 Å². The van der Waals surface area contributed by atoms with Gasteiger partial charge in [-0.05, 0) is 24.3 Å². The van der Waals surface area contributed by atoms with E-state index < -0.39 is 11.9 Å². The molecule has 0 amide bonds. The Morgan fingerprint density at radius 3 is 1.11 bits per heavy atom. The summed E-state index contributed by atoms with van der Waals surface area (Å²) >= 11 is 0. The molecule has 0 unspecified atom stereocenters. The average molecular weight is 374 g/mol. The largest absolute Gasteiger partial charge is 0.478 e. The van der Waals surface area contributed by atoms with E-state index in [0.29, 0.717) is 11.1 Å². The number of ketones is 2. The predicted octanol–water partition coefficient (Wildman–Crippen LogP) is 3.55. The van der Waals surface area contributed by atoms with Gasteiger partial charge < -0.3 is 10.2 Å². The van der Waals surface area contributed by atoms with Crippen molar-refractivity contribution in [3.05, 3.63) is 106 Å². The van der Waals surface area contributed by atoms with Gasteiger partial charge in [0.1, 0.15) is 0 Å². The van der Waals surface area contributed by atoms with Gasteiger partial charge in [-0.15, -0.1) is 0 Å². The minimum atomic E-state index is -1.13. The van der Waals surface area contributed by atoms with E-state index in [1.165, 1.54) is 72.8 Å². The molecule has 0 aliphatic heterocycles. The van der Waals surface area contributed by atoms with Crippen LogP contribution in [-0.4, -0.2) is 33.7 Å². The molecule has 3 aromatic carbocycles. The van der Waals surface area contributed by atoms with E-state index in [9.17, 15) is 19.2 Å². The molecule has 0 heterocycles. The second kappa shape index (κ2) is 7.67. The summed E-state index contributed by atoms with van der Waals surface area (Å²) in [6.45, 7) is 0. The van der Waals surface area contributed by atoms with Crippen LogP contribution in [0.1, 0.15) is 52.6 Å². The highest BCUT2D eigenvalue weighted by molar-refractivity contribution is 6.12. The van der Waals surface area contributed by atoms with Crippen molar-refractivity contribution < 1.29 is 29.4 Å². The fraction of sp³-hybridized carbons (Fsp3) is 0. The molecule has 3 rings (SSSR count). The molecule has 0 aromatic heterocycles. The third-order valence-electron chi connectivity index (χ3n) is 4.15. The highest BCUT2D eigenvalue weighted by Gasteiger charge is 2.15. The van der Waals surface area contributed by atoms with E-state index in [2.05, 4.69) is 0 Å². The second-order valence-electron chi connectivity index (χ2n) is 6.01. The standard InChI is InChI=1S/C22H14O6/c23-19(15-3-1-5-17(11-15)21(25)26)13-7-9-14(10-8-13)20(24)16-4-2-6-18(12-16)22(27)28/h1-12H,(H,25,26)(H,27,28). The molecule has 0 bridgehead atoms. The molecule has 138 valence electrons. The van der Waals surface area contributed by atoms with Crippen molar-refractivity contribution in [1.82, 2.24) is 0 Å². The summed E-state index contributed by atoms with van der Waals surface area (Å²) in [5.74, 6) is -2.98. The fourth-order valence-corrected chi connectivity index (χ4v) is 2.69. The SMILES string of the molecule is O=C(O)c1cccc(C(=O)c2ccc(C(=O)c3cccc(C(=O)O)c3)cc2)c1. The number of carboxylic acid groups (broad SMARTS) is 2. The van der Waals surface area contributed by atoms with Crippen LogP contribution in [0.25, 0.3) is 0 Å². The maximum Gasteiger partial charge on any atom is 0.335 e. The van der Waals surface area contributed by atoms with E-state index in [0.717, 1.165) is 0 Å². The summed E-state index contributed by atoms with van der Waals surface area (Å²) in [7, 11) is 0. The molecular weight excluding hydrogens is 360 g/mol. The van der Waals surface area contributed by atoms with E-state index >= 15 is 0 Å². The van der Waals surface area contributed by atoms with Gasteiger partial charge in [-0.3, -0.25) is 9.59 Å². The Kier molecular flexibility index (Phi) is 5.13. The number of hydrogen-bond donors (Lipinski definition) is 2. The first-order chi connectivity index (χ1) is 13.4. The minimum absolute atomic E-state index is 0.0101. The van der Waals surface area contributed by atoms with Crippen molar-refractivity contribution in [2.75, 3.05) is 0 Å². The number of carbonyl (C=O) groups excluding carboxylic acids is 2. The Morgan fingerprint density at radius 2 is 0.786 bits per heavy atom. The summed E-state index contributed by atoms with van der Waals surface area (Å²) < 4.78 is 0. The third-order valence-corrected chi connectivity index (χ3v) is 4.15. The third kappa shape index (κ3) is 3.86. The highest BCUT2D eigenvalue weighted by Crippen LogP contribution is 2.16. The van der Waals surface area contributed by atoms with E-state index in [1.54, 1.807) is 0 Å². The van der Waals surface area contributed by atoms with Crippen LogP contribution in [0, 0.1) is 0 Å². The highest BCUT2D eigenvalue weighted by atomic mass is 16.4. The first kappa shape index (κ1) is 18.7. The maximum atomic E-state index is 12.5.